The number of fused-ring (bicyclic) bond motifs is 1. The predicted molar refractivity (Wildman–Crippen MR) is 69.2 cm³/mol. The van der Waals surface area contributed by atoms with Crippen LogP contribution in [0.25, 0.3) is 0 Å². The molecule has 0 spiro atoms. The highest BCUT2D eigenvalue weighted by atomic mass is 16.3. The van der Waals surface area contributed by atoms with Crippen molar-refractivity contribution in [2.24, 2.45) is 0 Å². The Balaban J connectivity index is 1.77. The van der Waals surface area contributed by atoms with Crippen LogP contribution < -0.4 is 5.32 Å². The maximum Gasteiger partial charge on any atom is 0.125 e. The Morgan fingerprint density at radius 1 is 1.18 bits per heavy atom. The van der Waals surface area contributed by atoms with Crippen LogP contribution in [-0.2, 0) is 12.8 Å². The first-order valence-electron chi connectivity index (χ1n) is 6.25. The van der Waals surface area contributed by atoms with Gasteiger partial charge in [0.25, 0.3) is 0 Å². The topological polar surface area (TPSA) is 25.2 Å². The highest BCUT2D eigenvalue weighted by Gasteiger charge is 2.12. The lowest BCUT2D eigenvalue weighted by Gasteiger charge is -2.14. The fourth-order valence-electron chi connectivity index (χ4n) is 2.52. The normalized spacial score (nSPS) is 15.6. The minimum Gasteiger partial charge on any atom is -0.467 e. The van der Waals surface area contributed by atoms with Crippen LogP contribution in [0.1, 0.15) is 36.3 Å². The SMILES string of the molecule is CC(Nc1ccc2c(c1)CCC2)c1ccco1. The summed E-state index contributed by atoms with van der Waals surface area (Å²) in [6.45, 7) is 2.12. The van der Waals surface area contributed by atoms with Gasteiger partial charge in [-0.15, -0.1) is 0 Å². The smallest absolute Gasteiger partial charge is 0.125 e. The van der Waals surface area contributed by atoms with Crippen molar-refractivity contribution in [3.63, 3.8) is 0 Å². The maximum atomic E-state index is 5.40. The molecule has 1 N–H and O–H groups in total. The summed E-state index contributed by atoms with van der Waals surface area (Å²) < 4.78 is 5.40. The summed E-state index contributed by atoms with van der Waals surface area (Å²) >= 11 is 0. The fourth-order valence-corrected chi connectivity index (χ4v) is 2.52. The predicted octanol–water partition coefficient (Wildman–Crippen LogP) is 3.94. The van der Waals surface area contributed by atoms with E-state index < -0.39 is 0 Å². The van der Waals surface area contributed by atoms with Crippen LogP contribution in [0.15, 0.2) is 41.0 Å². The quantitative estimate of drug-likeness (QED) is 0.859. The molecule has 88 valence electrons. The van der Waals surface area contributed by atoms with Gasteiger partial charge in [-0.1, -0.05) is 6.07 Å². The van der Waals surface area contributed by atoms with Gasteiger partial charge in [-0.3, -0.25) is 0 Å². The zero-order valence-electron chi connectivity index (χ0n) is 10.1. The van der Waals surface area contributed by atoms with Gasteiger partial charge in [0.05, 0.1) is 12.3 Å². The molecule has 2 heteroatoms. The van der Waals surface area contributed by atoms with Gasteiger partial charge in [-0.05, 0) is 61.6 Å². The molecule has 3 rings (SSSR count). The molecule has 0 fully saturated rings. The van der Waals surface area contributed by atoms with Crippen LogP contribution >= 0.6 is 0 Å². The molecular formula is C15H17NO. The third kappa shape index (κ3) is 2.07. The zero-order chi connectivity index (χ0) is 11.7. The lowest BCUT2D eigenvalue weighted by atomic mass is 10.1. The van der Waals surface area contributed by atoms with Crippen LogP contribution in [0.4, 0.5) is 5.69 Å². The van der Waals surface area contributed by atoms with E-state index in [9.17, 15) is 0 Å². The maximum absolute atomic E-state index is 5.40. The molecule has 0 bridgehead atoms. The number of benzene rings is 1. The largest absolute Gasteiger partial charge is 0.467 e. The van der Waals surface area contributed by atoms with E-state index in [1.54, 1.807) is 6.26 Å². The molecule has 1 aliphatic rings. The van der Waals surface area contributed by atoms with E-state index in [0.29, 0.717) is 0 Å². The van der Waals surface area contributed by atoms with Gasteiger partial charge in [0.15, 0.2) is 0 Å². The summed E-state index contributed by atoms with van der Waals surface area (Å²) in [6.07, 6.45) is 5.48. The van der Waals surface area contributed by atoms with E-state index in [-0.39, 0.29) is 6.04 Å². The molecule has 1 aliphatic carbocycles. The second-order valence-electron chi connectivity index (χ2n) is 4.72. The fraction of sp³-hybridized carbons (Fsp3) is 0.333. The molecule has 0 radical (unpaired) electrons. The Hall–Kier alpha value is -1.70. The van der Waals surface area contributed by atoms with Crippen molar-refractivity contribution in [2.45, 2.75) is 32.2 Å². The minimum absolute atomic E-state index is 0.212. The molecule has 2 aromatic rings. The van der Waals surface area contributed by atoms with Crippen molar-refractivity contribution in [2.75, 3.05) is 5.32 Å². The second-order valence-corrected chi connectivity index (χ2v) is 4.72. The molecule has 1 aromatic carbocycles. The number of furan rings is 1. The van der Waals surface area contributed by atoms with Gasteiger partial charge in [0, 0.05) is 5.69 Å². The number of hydrogen-bond acceptors (Lipinski definition) is 2. The summed E-state index contributed by atoms with van der Waals surface area (Å²) in [5.74, 6) is 0.977. The number of rotatable bonds is 3. The summed E-state index contributed by atoms with van der Waals surface area (Å²) in [5.41, 5.74) is 4.21. The van der Waals surface area contributed by atoms with E-state index in [1.165, 1.54) is 36.1 Å². The van der Waals surface area contributed by atoms with Crippen LogP contribution in [0, 0.1) is 0 Å². The summed E-state index contributed by atoms with van der Waals surface area (Å²) in [7, 11) is 0. The molecule has 1 heterocycles. The third-order valence-corrected chi connectivity index (χ3v) is 3.45. The monoisotopic (exact) mass is 227 g/mol. The highest BCUT2D eigenvalue weighted by Crippen LogP contribution is 2.27. The number of anilines is 1. The van der Waals surface area contributed by atoms with Crippen molar-refractivity contribution in [1.82, 2.24) is 0 Å². The molecule has 1 atom stereocenters. The lowest BCUT2D eigenvalue weighted by Crippen LogP contribution is -2.05. The molecular weight excluding hydrogens is 210 g/mol. The van der Waals surface area contributed by atoms with Crippen molar-refractivity contribution in [1.29, 1.82) is 0 Å². The van der Waals surface area contributed by atoms with Crippen molar-refractivity contribution >= 4 is 5.69 Å². The van der Waals surface area contributed by atoms with Crippen molar-refractivity contribution < 1.29 is 4.42 Å². The van der Waals surface area contributed by atoms with Gasteiger partial charge < -0.3 is 9.73 Å². The molecule has 0 saturated heterocycles. The molecule has 17 heavy (non-hydrogen) atoms. The van der Waals surface area contributed by atoms with E-state index in [4.69, 9.17) is 4.42 Å². The van der Waals surface area contributed by atoms with Gasteiger partial charge in [-0.25, -0.2) is 0 Å². The second kappa shape index (κ2) is 4.28. The first kappa shape index (κ1) is 10.5. The molecule has 1 unspecified atom stereocenters. The standard InChI is InChI=1S/C15H17NO/c1-11(15-6-3-9-17-15)16-14-8-7-12-4-2-5-13(12)10-14/h3,6-11,16H,2,4-5H2,1H3. The Bertz CT molecular complexity index is 502. The number of aryl methyl sites for hydroxylation is 2. The summed E-state index contributed by atoms with van der Waals surface area (Å²) in [5, 5.41) is 3.48. The summed E-state index contributed by atoms with van der Waals surface area (Å²) in [4.78, 5) is 0. The molecule has 2 nitrogen and oxygen atoms in total. The zero-order valence-corrected chi connectivity index (χ0v) is 10.1. The van der Waals surface area contributed by atoms with E-state index in [1.807, 2.05) is 12.1 Å². The van der Waals surface area contributed by atoms with Gasteiger partial charge in [0.1, 0.15) is 5.76 Å². The lowest BCUT2D eigenvalue weighted by molar-refractivity contribution is 0.490. The van der Waals surface area contributed by atoms with E-state index in [0.717, 1.165) is 5.76 Å². The third-order valence-electron chi connectivity index (χ3n) is 3.45. The van der Waals surface area contributed by atoms with Crippen LogP contribution in [0.3, 0.4) is 0 Å². The first-order valence-corrected chi connectivity index (χ1v) is 6.25. The van der Waals surface area contributed by atoms with Gasteiger partial charge in [-0.2, -0.15) is 0 Å². The minimum atomic E-state index is 0.212. The van der Waals surface area contributed by atoms with Crippen LogP contribution in [0.2, 0.25) is 0 Å². The van der Waals surface area contributed by atoms with E-state index in [2.05, 4.69) is 30.4 Å². The van der Waals surface area contributed by atoms with Crippen LogP contribution in [-0.4, -0.2) is 0 Å². The molecule has 0 amide bonds. The molecule has 0 saturated carbocycles. The Labute approximate surface area is 102 Å². The highest BCUT2D eigenvalue weighted by molar-refractivity contribution is 5.51. The molecule has 0 aliphatic heterocycles. The average molecular weight is 227 g/mol. The number of hydrogen-bond donors (Lipinski definition) is 1. The van der Waals surface area contributed by atoms with Crippen LogP contribution in [0.5, 0.6) is 0 Å². The van der Waals surface area contributed by atoms with Crippen molar-refractivity contribution in [3.05, 3.63) is 53.5 Å². The summed E-state index contributed by atoms with van der Waals surface area (Å²) in [6, 6.07) is 10.8. The van der Waals surface area contributed by atoms with Crippen molar-refractivity contribution in [3.8, 4) is 0 Å². The number of nitrogens with one attached hydrogen (secondary N) is 1. The van der Waals surface area contributed by atoms with Gasteiger partial charge >= 0.3 is 0 Å². The Morgan fingerprint density at radius 3 is 2.88 bits per heavy atom. The Kier molecular flexibility index (Phi) is 2.63. The van der Waals surface area contributed by atoms with Gasteiger partial charge in [0.2, 0.25) is 0 Å². The molecule has 1 aromatic heterocycles. The first-order chi connectivity index (χ1) is 8.33. The Morgan fingerprint density at radius 2 is 2.06 bits per heavy atom. The van der Waals surface area contributed by atoms with E-state index >= 15 is 0 Å². The average Bonchev–Trinajstić information content (AvgIpc) is 2.99.